The molecule has 0 fully saturated rings. The van der Waals surface area contributed by atoms with E-state index in [-0.39, 0.29) is 0 Å². The molecule has 0 spiro atoms. The van der Waals surface area contributed by atoms with Crippen LogP contribution in [0.3, 0.4) is 0 Å². The van der Waals surface area contributed by atoms with Crippen LogP contribution in [-0.2, 0) is 10.2 Å². The molecule has 0 bridgehead atoms. The Morgan fingerprint density at radius 3 is 1.27 bits per heavy atom. The van der Waals surface area contributed by atoms with Gasteiger partial charge in [0.05, 0.1) is 0 Å². The molecule has 40 heavy (non-hydrogen) atoms. The van der Waals surface area contributed by atoms with Gasteiger partial charge in [-0.25, -0.2) is 0 Å². The third-order valence-corrected chi connectivity index (χ3v) is 11.1. The lowest BCUT2D eigenvalue weighted by Gasteiger charge is -2.26. The number of rotatable bonds is 5. The summed E-state index contributed by atoms with van der Waals surface area (Å²) in [5, 5.41) is 14.6. The van der Waals surface area contributed by atoms with Crippen molar-refractivity contribution >= 4 is 23.1 Å². The van der Waals surface area contributed by atoms with Gasteiger partial charge in [-0.05, 0) is 27.8 Å². The summed E-state index contributed by atoms with van der Waals surface area (Å²) >= 11 is 0. The molecule has 0 heterocycles. The quantitative estimate of drug-likeness (QED) is 0.237. The van der Waals surface area contributed by atoms with Crippen molar-refractivity contribution in [1.29, 1.82) is 0 Å². The fraction of sp³-hybridized carbons (Fsp3) is 0.0270. The Balaban J connectivity index is 1.25. The number of fused-ring (bicyclic) bond motifs is 3. The van der Waals surface area contributed by atoms with Crippen molar-refractivity contribution in [2.45, 2.75) is 5.60 Å². The van der Waals surface area contributed by atoms with Crippen molar-refractivity contribution in [3.63, 3.8) is 0 Å². The number of benzene rings is 6. The Hall–Kier alpha value is -4.49. The molecular formula is C37H27O2P. The molecule has 7 rings (SSSR count). The molecule has 1 aliphatic carbocycles. The minimum Gasteiger partial charge on any atom is -0.376 e. The first-order valence-corrected chi connectivity index (χ1v) is 15.2. The number of aliphatic hydroxyl groups is 1. The molecule has 1 aliphatic rings. The van der Waals surface area contributed by atoms with Crippen LogP contribution in [0.25, 0.3) is 22.3 Å². The highest BCUT2D eigenvalue weighted by atomic mass is 31.2. The van der Waals surface area contributed by atoms with E-state index in [2.05, 4.69) is 24.3 Å². The minimum absolute atomic E-state index is 0.804. The predicted molar refractivity (Wildman–Crippen MR) is 165 cm³/mol. The Bertz CT molecular complexity index is 1770. The van der Waals surface area contributed by atoms with E-state index in [1.807, 2.05) is 133 Å². The third-order valence-electron chi connectivity index (χ3n) is 8.03. The van der Waals surface area contributed by atoms with Gasteiger partial charge >= 0.3 is 0 Å². The largest absolute Gasteiger partial charge is 0.376 e. The molecule has 192 valence electrons. The lowest BCUT2D eigenvalue weighted by molar-refractivity contribution is 0.131. The van der Waals surface area contributed by atoms with Gasteiger partial charge in [0.1, 0.15) is 5.60 Å². The fourth-order valence-corrected chi connectivity index (χ4v) is 8.66. The maximum atomic E-state index is 14.7. The van der Waals surface area contributed by atoms with Crippen molar-refractivity contribution in [3.05, 3.63) is 174 Å². The second-order valence-corrected chi connectivity index (χ2v) is 13.0. The molecule has 0 radical (unpaired) electrons. The smallest absolute Gasteiger partial charge is 0.171 e. The molecule has 0 amide bonds. The van der Waals surface area contributed by atoms with Gasteiger partial charge in [0.15, 0.2) is 7.14 Å². The molecule has 2 nitrogen and oxygen atoms in total. The van der Waals surface area contributed by atoms with Gasteiger partial charge in [0.2, 0.25) is 0 Å². The maximum absolute atomic E-state index is 14.7. The van der Waals surface area contributed by atoms with E-state index in [1.165, 1.54) is 0 Å². The summed E-state index contributed by atoms with van der Waals surface area (Å²) in [5.41, 5.74) is 5.66. The van der Waals surface area contributed by atoms with E-state index in [0.29, 0.717) is 0 Å². The minimum atomic E-state index is -3.01. The van der Waals surface area contributed by atoms with Crippen LogP contribution in [0.2, 0.25) is 0 Å². The van der Waals surface area contributed by atoms with E-state index in [4.69, 9.17) is 0 Å². The molecule has 6 aromatic carbocycles. The molecule has 3 heteroatoms. The van der Waals surface area contributed by atoms with E-state index in [1.54, 1.807) is 0 Å². The van der Waals surface area contributed by atoms with Gasteiger partial charge < -0.3 is 9.67 Å². The highest BCUT2D eigenvalue weighted by Crippen LogP contribution is 2.51. The summed E-state index contributed by atoms with van der Waals surface area (Å²) in [6.07, 6.45) is 0. The monoisotopic (exact) mass is 534 g/mol. The maximum Gasteiger partial charge on any atom is 0.171 e. The first-order valence-electron chi connectivity index (χ1n) is 13.4. The third kappa shape index (κ3) is 3.72. The molecule has 1 N–H and O–H groups in total. The van der Waals surface area contributed by atoms with E-state index in [0.717, 1.165) is 54.9 Å². The van der Waals surface area contributed by atoms with Gasteiger partial charge in [0.25, 0.3) is 0 Å². The second-order valence-electron chi connectivity index (χ2n) is 10.2. The number of hydrogen-bond donors (Lipinski definition) is 1. The van der Waals surface area contributed by atoms with Crippen LogP contribution in [0.15, 0.2) is 158 Å². The summed E-state index contributed by atoms with van der Waals surface area (Å²) in [7, 11) is -3.01. The molecule has 0 atom stereocenters. The summed E-state index contributed by atoms with van der Waals surface area (Å²) in [6, 6.07) is 51.8. The van der Waals surface area contributed by atoms with Gasteiger partial charge in [-0.2, -0.15) is 0 Å². The van der Waals surface area contributed by atoms with Crippen molar-refractivity contribution < 1.29 is 9.67 Å². The molecule has 0 saturated heterocycles. The van der Waals surface area contributed by atoms with Crippen LogP contribution in [0, 0.1) is 0 Å². The summed E-state index contributed by atoms with van der Waals surface area (Å²) in [5.74, 6) is 0. The summed E-state index contributed by atoms with van der Waals surface area (Å²) < 4.78 is 14.7. The summed E-state index contributed by atoms with van der Waals surface area (Å²) in [6.45, 7) is 0. The summed E-state index contributed by atoms with van der Waals surface area (Å²) in [4.78, 5) is 0. The zero-order valence-electron chi connectivity index (χ0n) is 21.8. The first kappa shape index (κ1) is 24.5. The topological polar surface area (TPSA) is 37.3 Å². The Kier molecular flexibility index (Phi) is 5.90. The van der Waals surface area contributed by atoms with Crippen molar-refractivity contribution in [2.24, 2.45) is 0 Å². The molecular weight excluding hydrogens is 507 g/mol. The zero-order chi connectivity index (χ0) is 27.2. The molecule has 6 aromatic rings. The normalized spacial score (nSPS) is 13.4. The lowest BCUT2D eigenvalue weighted by atomic mass is 9.84. The van der Waals surface area contributed by atoms with Crippen LogP contribution in [0.5, 0.6) is 0 Å². The Labute approximate surface area is 234 Å². The van der Waals surface area contributed by atoms with Crippen LogP contribution in [0.4, 0.5) is 0 Å². The van der Waals surface area contributed by atoms with E-state index < -0.39 is 12.7 Å². The molecule has 0 saturated carbocycles. The van der Waals surface area contributed by atoms with Gasteiger partial charge in [-0.15, -0.1) is 0 Å². The highest BCUT2D eigenvalue weighted by molar-refractivity contribution is 7.85. The standard InChI is InChI=1S/C37H27O2P/c38-37(35-17-9-7-15-33(35)34-16-8-10-18-36(34)37)29-23-19-27(20-24-29)28-21-25-32(26-22-28)40(39,30-11-3-1-4-12-30)31-13-5-2-6-14-31/h1-26,38H. The van der Waals surface area contributed by atoms with Crippen molar-refractivity contribution in [2.75, 3.05) is 0 Å². The van der Waals surface area contributed by atoms with Crippen LogP contribution >= 0.6 is 7.14 Å². The van der Waals surface area contributed by atoms with Crippen LogP contribution in [0.1, 0.15) is 16.7 Å². The average molecular weight is 535 g/mol. The number of hydrogen-bond acceptors (Lipinski definition) is 2. The SMILES string of the molecule is O=P(c1ccccc1)(c1ccccc1)c1ccc(-c2ccc(C3(O)c4ccccc4-c4ccccc43)cc2)cc1. The fourth-order valence-electron chi connectivity index (χ4n) is 6.01. The molecule has 0 unspecified atom stereocenters. The van der Waals surface area contributed by atoms with Crippen molar-refractivity contribution in [1.82, 2.24) is 0 Å². The van der Waals surface area contributed by atoms with Crippen LogP contribution in [-0.4, -0.2) is 5.11 Å². The van der Waals surface area contributed by atoms with E-state index in [9.17, 15) is 9.67 Å². The van der Waals surface area contributed by atoms with E-state index >= 15 is 0 Å². The molecule has 0 aromatic heterocycles. The van der Waals surface area contributed by atoms with Crippen LogP contribution < -0.4 is 15.9 Å². The lowest BCUT2D eigenvalue weighted by Crippen LogP contribution is -2.26. The Morgan fingerprint density at radius 2 is 0.800 bits per heavy atom. The van der Waals surface area contributed by atoms with Gasteiger partial charge in [-0.3, -0.25) is 0 Å². The second kappa shape index (κ2) is 9.61. The zero-order valence-corrected chi connectivity index (χ0v) is 22.7. The predicted octanol–water partition coefficient (Wildman–Crippen LogP) is 7.26. The van der Waals surface area contributed by atoms with Gasteiger partial charge in [-0.1, -0.05) is 158 Å². The Morgan fingerprint density at radius 1 is 0.425 bits per heavy atom. The van der Waals surface area contributed by atoms with Crippen molar-refractivity contribution in [3.8, 4) is 22.3 Å². The van der Waals surface area contributed by atoms with Gasteiger partial charge in [0, 0.05) is 27.0 Å². The molecule has 0 aliphatic heterocycles. The average Bonchev–Trinajstić information content (AvgIpc) is 3.31. The highest BCUT2D eigenvalue weighted by Gasteiger charge is 2.42. The first-order chi connectivity index (χ1) is 19.6.